The molecule has 0 aliphatic carbocycles. The van der Waals surface area contributed by atoms with Gasteiger partial charge in [-0.25, -0.2) is 14.6 Å². The van der Waals surface area contributed by atoms with E-state index in [1.54, 1.807) is 43.6 Å². The average molecular weight is 433 g/mol. The third-order valence-corrected chi connectivity index (χ3v) is 5.39. The number of amides is 2. The molecule has 0 aliphatic heterocycles. The second-order valence-electron chi connectivity index (χ2n) is 6.73. The summed E-state index contributed by atoms with van der Waals surface area (Å²) >= 11 is 1.48. The number of carbonyl (C=O) groups is 2. The van der Waals surface area contributed by atoms with Crippen molar-refractivity contribution in [3.8, 4) is 10.6 Å². The average Bonchev–Trinajstić information content (AvgIpc) is 3.47. The van der Waals surface area contributed by atoms with Crippen molar-refractivity contribution in [1.29, 1.82) is 0 Å². The first kappa shape index (κ1) is 20.4. The molecule has 0 aliphatic rings. The minimum Gasteiger partial charge on any atom is -0.326 e. The molecular weight excluding hydrogens is 414 g/mol. The predicted molar refractivity (Wildman–Crippen MR) is 117 cm³/mol. The van der Waals surface area contributed by atoms with Gasteiger partial charge in [-0.05, 0) is 43.3 Å². The zero-order chi connectivity index (χ0) is 21.6. The van der Waals surface area contributed by atoms with Crippen molar-refractivity contribution < 1.29 is 9.59 Å². The molecule has 9 nitrogen and oxygen atoms in total. The van der Waals surface area contributed by atoms with Gasteiger partial charge < -0.3 is 10.6 Å². The molecule has 0 radical (unpaired) electrons. The van der Waals surface area contributed by atoms with Crippen LogP contribution in [0.3, 0.4) is 0 Å². The summed E-state index contributed by atoms with van der Waals surface area (Å²) < 4.78 is 1.47. The largest absolute Gasteiger partial charge is 0.326 e. The zero-order valence-electron chi connectivity index (χ0n) is 16.6. The fourth-order valence-corrected chi connectivity index (χ4v) is 3.61. The van der Waals surface area contributed by atoms with Crippen LogP contribution in [0.2, 0.25) is 0 Å². The lowest BCUT2D eigenvalue weighted by Gasteiger charge is -2.12. The van der Waals surface area contributed by atoms with E-state index < -0.39 is 6.04 Å². The number of hydrogen-bond donors (Lipinski definition) is 2. The number of rotatable bonds is 7. The molecule has 10 heteroatoms. The second kappa shape index (κ2) is 9.26. The van der Waals surface area contributed by atoms with Crippen LogP contribution in [0.4, 0.5) is 11.4 Å². The maximum Gasteiger partial charge on any atom is 0.249 e. The van der Waals surface area contributed by atoms with Gasteiger partial charge in [0, 0.05) is 34.7 Å². The summed E-state index contributed by atoms with van der Waals surface area (Å²) in [6, 6.07) is 10.2. The van der Waals surface area contributed by atoms with E-state index in [9.17, 15) is 9.59 Å². The SMILES string of the molecule is CC(C(=O)Nc1ccc(NC(=O)Cc2csc(-c3cccnc3)n2)cc1)n1cncn1. The lowest BCUT2D eigenvalue weighted by Crippen LogP contribution is -2.24. The van der Waals surface area contributed by atoms with Gasteiger partial charge in [0.15, 0.2) is 0 Å². The lowest BCUT2D eigenvalue weighted by atomic mass is 10.2. The summed E-state index contributed by atoms with van der Waals surface area (Å²) in [7, 11) is 0. The molecule has 3 aromatic heterocycles. The maximum absolute atomic E-state index is 12.4. The van der Waals surface area contributed by atoms with Crippen LogP contribution in [0, 0.1) is 0 Å². The molecule has 0 saturated heterocycles. The molecule has 0 saturated carbocycles. The summed E-state index contributed by atoms with van der Waals surface area (Å²) in [6.45, 7) is 1.73. The molecule has 0 spiro atoms. The van der Waals surface area contributed by atoms with Crippen LogP contribution in [0.25, 0.3) is 10.6 Å². The Kier molecular flexibility index (Phi) is 6.08. The first-order valence-electron chi connectivity index (χ1n) is 9.48. The number of carbonyl (C=O) groups excluding carboxylic acids is 2. The minimum atomic E-state index is -0.489. The highest BCUT2D eigenvalue weighted by Crippen LogP contribution is 2.23. The summed E-state index contributed by atoms with van der Waals surface area (Å²) in [5.74, 6) is -0.380. The van der Waals surface area contributed by atoms with Crippen molar-refractivity contribution >= 4 is 34.5 Å². The fourth-order valence-electron chi connectivity index (χ4n) is 2.80. The number of pyridine rings is 1. The number of nitrogens with zero attached hydrogens (tertiary/aromatic N) is 5. The van der Waals surface area contributed by atoms with Crippen molar-refractivity contribution in [1.82, 2.24) is 24.7 Å². The highest BCUT2D eigenvalue weighted by molar-refractivity contribution is 7.13. The standard InChI is InChI=1S/C21H19N7O2S/c1-14(28-13-23-12-24-28)20(30)26-17-6-4-16(5-7-17)25-19(29)9-18-11-31-21(27-18)15-3-2-8-22-10-15/h2-8,10-14H,9H2,1H3,(H,25,29)(H,26,30). The Morgan fingerprint density at radius 3 is 2.55 bits per heavy atom. The third-order valence-electron chi connectivity index (χ3n) is 4.45. The first-order valence-corrected chi connectivity index (χ1v) is 10.4. The molecule has 0 bridgehead atoms. The topological polar surface area (TPSA) is 115 Å². The van der Waals surface area contributed by atoms with Crippen LogP contribution in [0.5, 0.6) is 0 Å². The molecule has 4 aromatic rings. The molecule has 1 unspecified atom stereocenters. The van der Waals surface area contributed by atoms with E-state index >= 15 is 0 Å². The van der Waals surface area contributed by atoms with Crippen LogP contribution < -0.4 is 10.6 Å². The first-order chi connectivity index (χ1) is 15.1. The van der Waals surface area contributed by atoms with Gasteiger partial charge in [-0.3, -0.25) is 14.6 Å². The van der Waals surface area contributed by atoms with Crippen LogP contribution >= 0.6 is 11.3 Å². The van der Waals surface area contributed by atoms with Crippen LogP contribution in [-0.2, 0) is 16.0 Å². The van der Waals surface area contributed by atoms with E-state index in [4.69, 9.17) is 0 Å². The summed E-state index contributed by atoms with van der Waals surface area (Å²) in [6.07, 6.45) is 6.50. The minimum absolute atomic E-state index is 0.167. The van der Waals surface area contributed by atoms with Gasteiger partial charge in [-0.2, -0.15) is 5.10 Å². The van der Waals surface area contributed by atoms with Gasteiger partial charge in [0.25, 0.3) is 0 Å². The number of anilines is 2. The Hall–Kier alpha value is -3.92. The summed E-state index contributed by atoms with van der Waals surface area (Å²) in [5, 5.41) is 12.3. The van der Waals surface area contributed by atoms with E-state index in [0.717, 1.165) is 10.6 Å². The number of aromatic nitrogens is 5. The fraction of sp³-hybridized carbons (Fsp3) is 0.143. The summed E-state index contributed by atoms with van der Waals surface area (Å²) in [4.78, 5) is 37.1. The van der Waals surface area contributed by atoms with E-state index in [1.807, 2.05) is 17.5 Å². The molecule has 4 rings (SSSR count). The Morgan fingerprint density at radius 1 is 1.10 bits per heavy atom. The predicted octanol–water partition coefficient (Wildman–Crippen LogP) is 3.18. The van der Waals surface area contributed by atoms with E-state index in [-0.39, 0.29) is 18.2 Å². The number of thiazole rings is 1. The third kappa shape index (κ3) is 5.17. The Morgan fingerprint density at radius 2 is 1.87 bits per heavy atom. The Labute approximate surface area is 182 Å². The quantitative estimate of drug-likeness (QED) is 0.463. The van der Waals surface area contributed by atoms with Gasteiger partial charge in [-0.1, -0.05) is 0 Å². The number of benzene rings is 1. The molecule has 0 fully saturated rings. The zero-order valence-corrected chi connectivity index (χ0v) is 17.4. The molecule has 156 valence electrons. The maximum atomic E-state index is 12.4. The monoisotopic (exact) mass is 433 g/mol. The van der Waals surface area contributed by atoms with Crippen LogP contribution in [0.1, 0.15) is 18.7 Å². The van der Waals surface area contributed by atoms with Crippen molar-refractivity contribution in [3.05, 3.63) is 72.5 Å². The van der Waals surface area contributed by atoms with E-state index in [1.165, 1.54) is 28.7 Å². The Bertz CT molecular complexity index is 1160. The molecule has 1 atom stereocenters. The van der Waals surface area contributed by atoms with Gasteiger partial charge in [0.2, 0.25) is 11.8 Å². The number of hydrogen-bond acceptors (Lipinski definition) is 7. The van der Waals surface area contributed by atoms with Crippen molar-refractivity contribution in [2.45, 2.75) is 19.4 Å². The lowest BCUT2D eigenvalue weighted by molar-refractivity contribution is -0.119. The molecular formula is C21H19N7O2S. The van der Waals surface area contributed by atoms with Gasteiger partial charge in [0.05, 0.1) is 12.1 Å². The Balaban J connectivity index is 1.31. The second-order valence-corrected chi connectivity index (χ2v) is 7.59. The van der Waals surface area contributed by atoms with Gasteiger partial charge >= 0.3 is 0 Å². The van der Waals surface area contributed by atoms with Crippen LogP contribution in [0.15, 0.2) is 66.8 Å². The van der Waals surface area contributed by atoms with E-state index in [2.05, 4.69) is 30.7 Å². The smallest absolute Gasteiger partial charge is 0.249 e. The normalized spacial score (nSPS) is 11.6. The van der Waals surface area contributed by atoms with Crippen molar-refractivity contribution in [2.24, 2.45) is 0 Å². The van der Waals surface area contributed by atoms with Gasteiger partial charge in [-0.15, -0.1) is 11.3 Å². The van der Waals surface area contributed by atoms with Crippen molar-refractivity contribution in [2.75, 3.05) is 10.6 Å². The molecule has 31 heavy (non-hydrogen) atoms. The molecule has 3 heterocycles. The van der Waals surface area contributed by atoms with Crippen molar-refractivity contribution in [3.63, 3.8) is 0 Å². The van der Waals surface area contributed by atoms with Gasteiger partial charge in [0.1, 0.15) is 23.7 Å². The summed E-state index contributed by atoms with van der Waals surface area (Å²) in [5.41, 5.74) is 2.88. The number of nitrogens with one attached hydrogen (secondary N) is 2. The van der Waals surface area contributed by atoms with E-state index in [0.29, 0.717) is 17.1 Å². The molecule has 2 amide bonds. The molecule has 1 aromatic carbocycles. The highest BCUT2D eigenvalue weighted by Gasteiger charge is 2.15. The van der Waals surface area contributed by atoms with Crippen LogP contribution in [-0.4, -0.2) is 36.5 Å². The highest BCUT2D eigenvalue weighted by atomic mass is 32.1. The molecule has 2 N–H and O–H groups in total.